The van der Waals surface area contributed by atoms with Gasteiger partial charge in [-0.3, -0.25) is 4.68 Å². The fourth-order valence-electron chi connectivity index (χ4n) is 1.79. The lowest BCUT2D eigenvalue weighted by atomic mass is 10.1. The van der Waals surface area contributed by atoms with Crippen molar-refractivity contribution in [1.82, 2.24) is 9.78 Å². The van der Waals surface area contributed by atoms with Crippen LogP contribution in [0, 0.1) is 0 Å². The van der Waals surface area contributed by atoms with E-state index in [0.29, 0.717) is 22.0 Å². The number of methoxy groups -OCH3 is 1. The SMILES string of the molecule is COc1ccc(Br)cc1C(O)c1c(Cl)cnn1C. The Morgan fingerprint density at radius 1 is 1.50 bits per heavy atom. The average Bonchev–Trinajstić information content (AvgIpc) is 2.68. The minimum Gasteiger partial charge on any atom is -0.496 e. The topological polar surface area (TPSA) is 47.3 Å². The first-order valence-electron chi connectivity index (χ1n) is 5.23. The van der Waals surface area contributed by atoms with Crippen LogP contribution in [-0.4, -0.2) is 22.0 Å². The van der Waals surface area contributed by atoms with Gasteiger partial charge in [0.05, 0.1) is 24.0 Å². The first-order valence-corrected chi connectivity index (χ1v) is 6.40. The monoisotopic (exact) mass is 330 g/mol. The second-order valence-corrected chi connectivity index (χ2v) is 5.11. The maximum atomic E-state index is 10.4. The molecule has 6 heteroatoms. The molecule has 0 saturated heterocycles. The number of ether oxygens (including phenoxy) is 1. The van der Waals surface area contributed by atoms with Crippen molar-refractivity contribution >= 4 is 27.5 Å². The molecule has 1 aromatic carbocycles. The number of aromatic nitrogens is 2. The van der Waals surface area contributed by atoms with E-state index in [9.17, 15) is 5.11 Å². The highest BCUT2D eigenvalue weighted by atomic mass is 79.9. The molecule has 2 rings (SSSR count). The number of aryl methyl sites for hydroxylation is 1. The molecule has 1 heterocycles. The van der Waals surface area contributed by atoms with Crippen molar-refractivity contribution in [1.29, 1.82) is 0 Å². The summed E-state index contributed by atoms with van der Waals surface area (Å²) in [5.41, 5.74) is 1.17. The van der Waals surface area contributed by atoms with Crippen molar-refractivity contribution in [3.05, 3.63) is 45.1 Å². The van der Waals surface area contributed by atoms with Gasteiger partial charge in [0.2, 0.25) is 0 Å². The first-order chi connectivity index (χ1) is 8.54. The molecule has 0 fully saturated rings. The summed E-state index contributed by atoms with van der Waals surface area (Å²) < 4.78 is 7.65. The van der Waals surface area contributed by atoms with Crippen molar-refractivity contribution in [3.8, 4) is 5.75 Å². The van der Waals surface area contributed by atoms with Crippen LogP contribution in [0.15, 0.2) is 28.9 Å². The Bertz CT molecular complexity index is 552. The summed E-state index contributed by atoms with van der Waals surface area (Å²) in [6.45, 7) is 0. The minimum atomic E-state index is -0.891. The Morgan fingerprint density at radius 2 is 2.22 bits per heavy atom. The van der Waals surface area contributed by atoms with Gasteiger partial charge in [-0.2, -0.15) is 5.10 Å². The Hall–Kier alpha value is -1.04. The Balaban J connectivity index is 2.51. The summed E-state index contributed by atoms with van der Waals surface area (Å²) in [6, 6.07) is 5.43. The number of hydrogen-bond acceptors (Lipinski definition) is 3. The van der Waals surface area contributed by atoms with Crippen molar-refractivity contribution in [2.24, 2.45) is 7.05 Å². The molecule has 96 valence electrons. The molecule has 2 aromatic rings. The highest BCUT2D eigenvalue weighted by Crippen LogP contribution is 2.34. The lowest BCUT2D eigenvalue weighted by molar-refractivity contribution is 0.204. The lowest BCUT2D eigenvalue weighted by Gasteiger charge is -2.16. The van der Waals surface area contributed by atoms with E-state index in [0.717, 1.165) is 4.47 Å². The summed E-state index contributed by atoms with van der Waals surface area (Å²) >= 11 is 9.40. The predicted molar refractivity (Wildman–Crippen MR) is 73.0 cm³/mol. The summed E-state index contributed by atoms with van der Waals surface area (Å²) in [5, 5.41) is 14.9. The van der Waals surface area contributed by atoms with Gasteiger partial charge < -0.3 is 9.84 Å². The molecule has 0 aliphatic carbocycles. The molecule has 0 saturated carbocycles. The van der Waals surface area contributed by atoms with Gasteiger partial charge in [0.25, 0.3) is 0 Å². The number of aliphatic hydroxyl groups is 1. The molecule has 0 bridgehead atoms. The molecule has 1 N–H and O–H groups in total. The molecule has 0 aliphatic rings. The zero-order valence-corrected chi connectivity index (χ0v) is 12.2. The van der Waals surface area contributed by atoms with Crippen LogP contribution in [0.25, 0.3) is 0 Å². The first kappa shape index (κ1) is 13.4. The smallest absolute Gasteiger partial charge is 0.126 e. The Morgan fingerprint density at radius 3 is 2.78 bits per heavy atom. The second-order valence-electron chi connectivity index (χ2n) is 3.79. The molecule has 0 amide bonds. The normalized spacial score (nSPS) is 12.5. The number of aliphatic hydroxyl groups excluding tert-OH is 1. The van der Waals surface area contributed by atoms with E-state index in [1.54, 1.807) is 31.0 Å². The molecule has 0 aliphatic heterocycles. The highest BCUT2D eigenvalue weighted by molar-refractivity contribution is 9.10. The third-order valence-electron chi connectivity index (χ3n) is 2.68. The number of rotatable bonds is 3. The van der Waals surface area contributed by atoms with Gasteiger partial charge >= 0.3 is 0 Å². The van der Waals surface area contributed by atoms with Crippen LogP contribution in [-0.2, 0) is 7.05 Å². The van der Waals surface area contributed by atoms with Gasteiger partial charge in [-0.1, -0.05) is 27.5 Å². The van der Waals surface area contributed by atoms with E-state index < -0.39 is 6.10 Å². The fourth-order valence-corrected chi connectivity index (χ4v) is 2.44. The van der Waals surface area contributed by atoms with Crippen molar-refractivity contribution in [3.63, 3.8) is 0 Å². The summed E-state index contributed by atoms with van der Waals surface area (Å²) in [4.78, 5) is 0. The molecule has 1 unspecified atom stereocenters. The number of nitrogens with zero attached hydrogens (tertiary/aromatic N) is 2. The van der Waals surface area contributed by atoms with Crippen LogP contribution < -0.4 is 4.74 Å². The van der Waals surface area contributed by atoms with Gasteiger partial charge in [-0.25, -0.2) is 0 Å². The van der Waals surface area contributed by atoms with Crippen LogP contribution in [0.5, 0.6) is 5.75 Å². The molecular formula is C12H12BrClN2O2. The van der Waals surface area contributed by atoms with Crippen molar-refractivity contribution in [2.75, 3.05) is 7.11 Å². The molecule has 0 radical (unpaired) electrons. The van der Waals surface area contributed by atoms with Crippen LogP contribution in [0.1, 0.15) is 17.4 Å². The molecule has 4 nitrogen and oxygen atoms in total. The van der Waals surface area contributed by atoms with Gasteiger partial charge in [0.1, 0.15) is 11.9 Å². The molecular weight excluding hydrogens is 320 g/mol. The third kappa shape index (κ3) is 2.39. The van der Waals surface area contributed by atoms with E-state index in [4.69, 9.17) is 16.3 Å². The van der Waals surface area contributed by atoms with Gasteiger partial charge in [-0.15, -0.1) is 0 Å². The summed E-state index contributed by atoms with van der Waals surface area (Å²) in [5.74, 6) is 0.600. The fraction of sp³-hybridized carbons (Fsp3) is 0.250. The summed E-state index contributed by atoms with van der Waals surface area (Å²) in [7, 11) is 3.29. The van der Waals surface area contributed by atoms with Crippen LogP contribution in [0.4, 0.5) is 0 Å². The van der Waals surface area contributed by atoms with E-state index in [1.807, 2.05) is 6.07 Å². The molecule has 1 atom stereocenters. The lowest BCUT2D eigenvalue weighted by Crippen LogP contribution is -2.08. The molecule has 18 heavy (non-hydrogen) atoms. The maximum Gasteiger partial charge on any atom is 0.126 e. The van der Waals surface area contributed by atoms with E-state index in [2.05, 4.69) is 21.0 Å². The van der Waals surface area contributed by atoms with E-state index >= 15 is 0 Å². The Labute approximate surface area is 118 Å². The minimum absolute atomic E-state index is 0.423. The van der Waals surface area contributed by atoms with Gasteiger partial charge in [0.15, 0.2) is 0 Å². The quantitative estimate of drug-likeness (QED) is 0.940. The largest absolute Gasteiger partial charge is 0.496 e. The van der Waals surface area contributed by atoms with E-state index in [-0.39, 0.29) is 0 Å². The Kier molecular flexibility index (Phi) is 3.94. The average molecular weight is 332 g/mol. The van der Waals surface area contributed by atoms with Crippen LogP contribution in [0.3, 0.4) is 0 Å². The van der Waals surface area contributed by atoms with Crippen LogP contribution >= 0.6 is 27.5 Å². The maximum absolute atomic E-state index is 10.4. The number of hydrogen-bond donors (Lipinski definition) is 1. The van der Waals surface area contributed by atoms with Gasteiger partial charge in [-0.05, 0) is 18.2 Å². The third-order valence-corrected chi connectivity index (χ3v) is 3.47. The predicted octanol–water partition coefficient (Wildman–Crippen LogP) is 2.93. The second kappa shape index (κ2) is 5.30. The van der Waals surface area contributed by atoms with E-state index in [1.165, 1.54) is 6.20 Å². The van der Waals surface area contributed by atoms with Crippen molar-refractivity contribution in [2.45, 2.75) is 6.10 Å². The standard InChI is InChI=1S/C12H12BrClN2O2/c1-16-11(9(14)6-15-16)12(17)8-5-7(13)3-4-10(8)18-2/h3-6,12,17H,1-2H3. The van der Waals surface area contributed by atoms with Crippen LogP contribution in [0.2, 0.25) is 5.02 Å². The number of benzene rings is 1. The van der Waals surface area contributed by atoms with Crippen molar-refractivity contribution < 1.29 is 9.84 Å². The molecule has 0 spiro atoms. The summed E-state index contributed by atoms with van der Waals surface area (Å²) in [6.07, 6.45) is 0.613. The zero-order valence-electron chi connectivity index (χ0n) is 9.89. The zero-order chi connectivity index (χ0) is 13.3. The molecule has 1 aromatic heterocycles. The highest BCUT2D eigenvalue weighted by Gasteiger charge is 2.21. The number of halogens is 2. The van der Waals surface area contributed by atoms with Gasteiger partial charge in [0, 0.05) is 17.1 Å².